The zero-order valence-electron chi connectivity index (χ0n) is 32.5. The molecule has 0 spiro atoms. The molecule has 0 bridgehead atoms. The van der Waals surface area contributed by atoms with Crippen molar-refractivity contribution < 1.29 is 0 Å². The highest BCUT2D eigenvalue weighted by Crippen LogP contribution is 2.53. The van der Waals surface area contributed by atoms with Crippen LogP contribution in [0.3, 0.4) is 0 Å². The fourth-order valence-electron chi connectivity index (χ4n) is 11.2. The number of nitrogens with zero attached hydrogens (tertiary/aromatic N) is 4. The van der Waals surface area contributed by atoms with Crippen molar-refractivity contribution in [2.75, 3.05) is 0 Å². The summed E-state index contributed by atoms with van der Waals surface area (Å²) in [7, 11) is 0. The Kier molecular flexibility index (Phi) is 5.81. The van der Waals surface area contributed by atoms with Crippen molar-refractivity contribution >= 4 is 92.2 Å². The van der Waals surface area contributed by atoms with Gasteiger partial charge in [-0.2, -0.15) is 0 Å². The molecule has 4 nitrogen and oxygen atoms in total. The van der Waals surface area contributed by atoms with E-state index < -0.39 is 0 Å². The van der Waals surface area contributed by atoms with Gasteiger partial charge < -0.3 is 4.40 Å². The summed E-state index contributed by atoms with van der Waals surface area (Å²) in [4.78, 5) is 11.5. The van der Waals surface area contributed by atoms with E-state index in [0.717, 1.165) is 28.0 Å². The second kappa shape index (κ2) is 10.9. The maximum Gasteiger partial charge on any atom is 0.235 e. The minimum absolute atomic E-state index is 0.305. The number of hydrogen-bond acceptors (Lipinski definition) is 2. The Labute approximate surface area is 338 Å². The van der Waals surface area contributed by atoms with E-state index in [0.29, 0.717) is 5.95 Å². The number of aromatic nitrogens is 4. The van der Waals surface area contributed by atoms with E-state index in [1.165, 1.54) is 97.9 Å². The van der Waals surface area contributed by atoms with Crippen molar-refractivity contribution in [3.63, 3.8) is 0 Å². The molecule has 0 atom stereocenters. The van der Waals surface area contributed by atoms with Crippen LogP contribution >= 0.6 is 0 Å². The van der Waals surface area contributed by atoms with Crippen molar-refractivity contribution in [1.29, 1.82) is 0 Å². The summed E-state index contributed by atoms with van der Waals surface area (Å²) in [6.07, 6.45) is 0. The molecule has 4 aromatic heterocycles. The Hall–Kier alpha value is -7.56. The first-order chi connectivity index (χ1) is 29.1. The molecular formula is C55H34N4. The number of rotatable bonds is 2. The van der Waals surface area contributed by atoms with E-state index in [1.807, 2.05) is 0 Å². The fourth-order valence-corrected chi connectivity index (χ4v) is 11.2. The predicted octanol–water partition coefficient (Wildman–Crippen LogP) is 14.2. The SMILES string of the molecule is CC1(C)c2ccccc2-c2nc(-n3c4ccccc4c4c3c3ccccc3c3c5cccc6c7ccc8ccccc8c7n(c65)c34)nc(-c3cccc4ccccc34)c21. The van der Waals surface area contributed by atoms with E-state index in [2.05, 4.69) is 193 Å². The second-order valence-electron chi connectivity index (χ2n) is 16.9. The Bertz CT molecular complexity index is 3990. The summed E-state index contributed by atoms with van der Waals surface area (Å²) in [5, 5.41) is 14.8. The summed E-state index contributed by atoms with van der Waals surface area (Å²) in [6.45, 7) is 4.66. The van der Waals surface area contributed by atoms with E-state index in [-0.39, 0.29) is 5.41 Å². The molecule has 13 aromatic rings. The molecule has 0 saturated carbocycles. The molecule has 0 unspecified atom stereocenters. The number of benzene rings is 9. The van der Waals surface area contributed by atoms with E-state index in [1.54, 1.807) is 0 Å². The smallest absolute Gasteiger partial charge is 0.235 e. The summed E-state index contributed by atoms with van der Waals surface area (Å²) in [6, 6.07) is 62.2. The van der Waals surface area contributed by atoms with Gasteiger partial charge in [-0.1, -0.05) is 178 Å². The molecule has 1 aliphatic rings. The first kappa shape index (κ1) is 31.5. The maximum absolute atomic E-state index is 5.79. The molecule has 0 fully saturated rings. The lowest BCUT2D eigenvalue weighted by Gasteiger charge is -2.24. The summed E-state index contributed by atoms with van der Waals surface area (Å²) in [5.74, 6) is 0.680. The fraction of sp³-hybridized carbons (Fsp3) is 0.0545. The Morgan fingerprint density at radius 2 is 0.932 bits per heavy atom. The number of para-hydroxylation sites is 2. The normalized spacial score (nSPS) is 13.7. The van der Waals surface area contributed by atoms with E-state index >= 15 is 0 Å². The van der Waals surface area contributed by atoms with Crippen LogP contribution in [0.15, 0.2) is 170 Å². The highest BCUT2D eigenvalue weighted by atomic mass is 15.2. The highest BCUT2D eigenvalue weighted by molar-refractivity contribution is 6.40. The second-order valence-corrected chi connectivity index (χ2v) is 16.9. The van der Waals surface area contributed by atoms with Gasteiger partial charge in [-0.25, -0.2) is 9.97 Å². The van der Waals surface area contributed by atoms with Crippen LogP contribution < -0.4 is 0 Å². The van der Waals surface area contributed by atoms with Crippen molar-refractivity contribution in [2.24, 2.45) is 0 Å². The van der Waals surface area contributed by atoms with Crippen LogP contribution in [0.25, 0.3) is 121 Å². The molecule has 274 valence electrons. The minimum atomic E-state index is -0.305. The number of fused-ring (bicyclic) bond motifs is 19. The summed E-state index contributed by atoms with van der Waals surface area (Å²) >= 11 is 0. The molecule has 0 aliphatic heterocycles. The third kappa shape index (κ3) is 3.80. The average molecular weight is 751 g/mol. The van der Waals surface area contributed by atoms with Crippen molar-refractivity contribution in [3.05, 3.63) is 181 Å². The molecule has 0 amide bonds. The number of hydrogen-bond donors (Lipinski definition) is 0. The Morgan fingerprint density at radius 3 is 1.78 bits per heavy atom. The molecule has 59 heavy (non-hydrogen) atoms. The Morgan fingerprint density at radius 1 is 0.390 bits per heavy atom. The molecular weight excluding hydrogens is 717 g/mol. The third-order valence-electron chi connectivity index (χ3n) is 13.6. The highest BCUT2D eigenvalue weighted by Gasteiger charge is 2.40. The van der Waals surface area contributed by atoms with Crippen LogP contribution in [0.2, 0.25) is 0 Å². The summed E-state index contributed by atoms with van der Waals surface area (Å²) < 4.78 is 4.97. The van der Waals surface area contributed by atoms with Crippen LogP contribution in [0, 0.1) is 0 Å². The molecule has 0 N–H and O–H groups in total. The monoisotopic (exact) mass is 750 g/mol. The lowest BCUT2D eigenvalue weighted by molar-refractivity contribution is 0.657. The van der Waals surface area contributed by atoms with Gasteiger partial charge in [0.2, 0.25) is 5.95 Å². The molecule has 4 heterocycles. The maximum atomic E-state index is 5.79. The lowest BCUT2D eigenvalue weighted by atomic mass is 9.80. The van der Waals surface area contributed by atoms with Gasteiger partial charge in [0.05, 0.1) is 39.0 Å². The van der Waals surface area contributed by atoms with Gasteiger partial charge >= 0.3 is 0 Å². The predicted molar refractivity (Wildman–Crippen MR) is 247 cm³/mol. The third-order valence-corrected chi connectivity index (χ3v) is 13.6. The van der Waals surface area contributed by atoms with Gasteiger partial charge in [-0.15, -0.1) is 0 Å². The first-order valence-electron chi connectivity index (χ1n) is 20.5. The van der Waals surface area contributed by atoms with Crippen LogP contribution in [-0.4, -0.2) is 18.9 Å². The van der Waals surface area contributed by atoms with E-state index in [4.69, 9.17) is 9.97 Å². The largest absolute Gasteiger partial charge is 0.307 e. The van der Waals surface area contributed by atoms with Gasteiger partial charge in [0.1, 0.15) is 0 Å². The van der Waals surface area contributed by atoms with Crippen LogP contribution in [0.5, 0.6) is 0 Å². The molecule has 4 heteroatoms. The van der Waals surface area contributed by atoms with Gasteiger partial charge in [0.25, 0.3) is 0 Å². The topological polar surface area (TPSA) is 35.1 Å². The van der Waals surface area contributed by atoms with E-state index in [9.17, 15) is 0 Å². The molecule has 0 saturated heterocycles. The summed E-state index contributed by atoms with van der Waals surface area (Å²) in [5.41, 5.74) is 12.4. The van der Waals surface area contributed by atoms with Crippen molar-refractivity contribution in [1.82, 2.24) is 18.9 Å². The molecule has 0 radical (unpaired) electrons. The average Bonchev–Trinajstić information content (AvgIpc) is 3.99. The quantitative estimate of drug-likeness (QED) is 0.176. The van der Waals surface area contributed by atoms with Crippen molar-refractivity contribution in [3.8, 4) is 28.5 Å². The lowest BCUT2D eigenvalue weighted by Crippen LogP contribution is -2.18. The zero-order chi connectivity index (χ0) is 38.7. The van der Waals surface area contributed by atoms with Gasteiger partial charge in [-0.3, -0.25) is 4.57 Å². The van der Waals surface area contributed by atoms with Gasteiger partial charge in [0.15, 0.2) is 0 Å². The standard InChI is InChI=1S/C55H34N4/c1-55(2)43-27-11-9-22-40(43)49-47(55)48(36-24-13-17-31-15-3-5-18-33(31)36)56-54(57-49)58-44-28-12-10-23-41(44)46-52(58)37-21-8-7-20-35(37)45-42-26-14-25-38-39-30-29-32-16-4-6-19-34(32)50(39)59(51(38)42)53(45)46/h3-30H,1-2H3. The molecule has 1 aliphatic carbocycles. The molecule has 9 aromatic carbocycles. The van der Waals surface area contributed by atoms with Crippen LogP contribution in [-0.2, 0) is 5.41 Å². The van der Waals surface area contributed by atoms with Gasteiger partial charge in [-0.05, 0) is 33.2 Å². The van der Waals surface area contributed by atoms with Crippen LogP contribution in [0.4, 0.5) is 0 Å². The Balaban J connectivity index is 1.23. The molecule has 14 rings (SSSR count). The van der Waals surface area contributed by atoms with Crippen molar-refractivity contribution in [2.45, 2.75) is 19.3 Å². The minimum Gasteiger partial charge on any atom is -0.307 e. The zero-order valence-corrected chi connectivity index (χ0v) is 32.5. The first-order valence-corrected chi connectivity index (χ1v) is 20.5. The van der Waals surface area contributed by atoms with Gasteiger partial charge in [0, 0.05) is 65.2 Å². The van der Waals surface area contributed by atoms with Crippen LogP contribution in [0.1, 0.15) is 25.0 Å².